The summed E-state index contributed by atoms with van der Waals surface area (Å²) in [6.07, 6.45) is 10.6. The second-order valence-corrected chi connectivity index (χ2v) is 4.93. The van der Waals surface area contributed by atoms with E-state index in [1.807, 2.05) is 0 Å². The Morgan fingerprint density at radius 3 is 2.07 bits per heavy atom. The van der Waals surface area contributed by atoms with Crippen LogP contribution in [0.3, 0.4) is 0 Å². The Bertz CT molecular complexity index is 110. The normalized spacial score (nSPS) is 13.5. The van der Waals surface area contributed by atoms with Crippen molar-refractivity contribution in [3.05, 3.63) is 0 Å². The van der Waals surface area contributed by atoms with Gasteiger partial charge in [0, 0.05) is 6.04 Å². The van der Waals surface area contributed by atoms with Crippen molar-refractivity contribution in [2.24, 2.45) is 11.7 Å². The minimum Gasteiger partial charge on any atom is -0.328 e. The summed E-state index contributed by atoms with van der Waals surface area (Å²) in [6, 6.07) is 0.457. The Morgan fingerprint density at radius 1 is 0.857 bits per heavy atom. The lowest BCUT2D eigenvalue weighted by molar-refractivity contribution is 0.460. The molecule has 0 aliphatic carbocycles. The molecule has 0 saturated carbocycles. The van der Waals surface area contributed by atoms with Gasteiger partial charge in [0.05, 0.1) is 0 Å². The van der Waals surface area contributed by atoms with Gasteiger partial charge in [-0.3, -0.25) is 0 Å². The molecular weight excluding hydrogens is 170 g/mol. The van der Waals surface area contributed by atoms with Gasteiger partial charge in [-0.2, -0.15) is 0 Å². The molecule has 0 heterocycles. The van der Waals surface area contributed by atoms with E-state index in [4.69, 9.17) is 5.73 Å². The van der Waals surface area contributed by atoms with Crippen LogP contribution in [0.4, 0.5) is 0 Å². The summed E-state index contributed by atoms with van der Waals surface area (Å²) in [5, 5.41) is 0. The van der Waals surface area contributed by atoms with E-state index in [0.717, 1.165) is 5.92 Å². The largest absolute Gasteiger partial charge is 0.328 e. The molecule has 0 spiro atoms. The van der Waals surface area contributed by atoms with Crippen LogP contribution >= 0.6 is 0 Å². The van der Waals surface area contributed by atoms with Crippen molar-refractivity contribution < 1.29 is 0 Å². The molecule has 0 bridgehead atoms. The average molecular weight is 199 g/mol. The maximum absolute atomic E-state index is 6.04. The molecule has 0 aliphatic rings. The summed E-state index contributed by atoms with van der Waals surface area (Å²) in [5.41, 5.74) is 6.04. The molecule has 0 aliphatic heterocycles. The summed E-state index contributed by atoms with van der Waals surface area (Å²) in [5.74, 6) is 0.807. The number of rotatable bonds is 9. The third kappa shape index (κ3) is 10.0. The summed E-state index contributed by atoms with van der Waals surface area (Å²) < 4.78 is 0. The molecule has 0 aromatic rings. The van der Waals surface area contributed by atoms with E-state index >= 15 is 0 Å². The second kappa shape index (κ2) is 9.51. The predicted octanol–water partition coefficient (Wildman–Crippen LogP) is 4.11. The number of nitrogens with two attached hydrogens (primary N) is 1. The van der Waals surface area contributed by atoms with E-state index in [0.29, 0.717) is 6.04 Å². The second-order valence-electron chi connectivity index (χ2n) is 4.93. The van der Waals surface area contributed by atoms with E-state index in [2.05, 4.69) is 20.8 Å². The molecule has 0 fully saturated rings. The molecule has 86 valence electrons. The summed E-state index contributed by atoms with van der Waals surface area (Å²) in [6.45, 7) is 6.80. The van der Waals surface area contributed by atoms with Crippen LogP contribution in [0.25, 0.3) is 0 Å². The SMILES string of the molecule is CCCCCCCC(N)CCC(C)C. The quantitative estimate of drug-likeness (QED) is 0.556. The van der Waals surface area contributed by atoms with Gasteiger partial charge in [0.15, 0.2) is 0 Å². The van der Waals surface area contributed by atoms with E-state index in [9.17, 15) is 0 Å². The summed E-state index contributed by atoms with van der Waals surface area (Å²) in [4.78, 5) is 0. The monoisotopic (exact) mass is 199 g/mol. The van der Waals surface area contributed by atoms with Crippen molar-refractivity contribution in [3.8, 4) is 0 Å². The summed E-state index contributed by atoms with van der Waals surface area (Å²) >= 11 is 0. The zero-order valence-corrected chi connectivity index (χ0v) is 10.4. The van der Waals surface area contributed by atoms with Crippen LogP contribution in [0.5, 0.6) is 0 Å². The van der Waals surface area contributed by atoms with Crippen LogP contribution in [0, 0.1) is 5.92 Å². The highest BCUT2D eigenvalue weighted by molar-refractivity contribution is 4.62. The van der Waals surface area contributed by atoms with Gasteiger partial charge in [-0.05, 0) is 25.2 Å². The van der Waals surface area contributed by atoms with Gasteiger partial charge < -0.3 is 5.73 Å². The Balaban J connectivity index is 3.14. The van der Waals surface area contributed by atoms with Gasteiger partial charge in [-0.1, -0.05) is 52.9 Å². The highest BCUT2D eigenvalue weighted by Crippen LogP contribution is 2.11. The van der Waals surface area contributed by atoms with Gasteiger partial charge in [-0.25, -0.2) is 0 Å². The molecule has 1 atom stereocenters. The first-order valence-corrected chi connectivity index (χ1v) is 6.42. The standard InChI is InChI=1S/C13H29N/c1-4-5-6-7-8-9-13(14)11-10-12(2)3/h12-13H,4-11,14H2,1-3H3. The molecule has 0 amide bonds. The maximum atomic E-state index is 6.04. The molecule has 1 unspecified atom stereocenters. The lowest BCUT2D eigenvalue weighted by Crippen LogP contribution is -2.20. The first kappa shape index (κ1) is 14.0. The Labute approximate surface area is 90.5 Å². The first-order valence-electron chi connectivity index (χ1n) is 6.42. The van der Waals surface area contributed by atoms with Gasteiger partial charge in [0.25, 0.3) is 0 Å². The van der Waals surface area contributed by atoms with Crippen molar-refractivity contribution in [3.63, 3.8) is 0 Å². The van der Waals surface area contributed by atoms with Crippen molar-refractivity contribution in [2.45, 2.75) is 78.2 Å². The van der Waals surface area contributed by atoms with Crippen molar-refractivity contribution in [1.29, 1.82) is 0 Å². The van der Waals surface area contributed by atoms with Gasteiger partial charge in [0.1, 0.15) is 0 Å². The predicted molar refractivity (Wildman–Crippen MR) is 65.4 cm³/mol. The number of hydrogen-bond donors (Lipinski definition) is 1. The molecule has 0 rings (SSSR count). The van der Waals surface area contributed by atoms with E-state index in [1.165, 1.54) is 51.4 Å². The molecule has 0 aromatic heterocycles. The minimum atomic E-state index is 0.457. The van der Waals surface area contributed by atoms with Crippen molar-refractivity contribution in [2.75, 3.05) is 0 Å². The first-order chi connectivity index (χ1) is 6.66. The fourth-order valence-electron chi connectivity index (χ4n) is 1.70. The highest BCUT2D eigenvalue weighted by Gasteiger charge is 2.03. The maximum Gasteiger partial charge on any atom is 0.00389 e. The van der Waals surface area contributed by atoms with Crippen LogP contribution < -0.4 is 5.73 Å². The average Bonchev–Trinajstić information content (AvgIpc) is 2.14. The minimum absolute atomic E-state index is 0.457. The fraction of sp³-hybridized carbons (Fsp3) is 1.00. The van der Waals surface area contributed by atoms with E-state index in [1.54, 1.807) is 0 Å². The van der Waals surface area contributed by atoms with Crippen LogP contribution in [0.15, 0.2) is 0 Å². The van der Waals surface area contributed by atoms with Crippen LogP contribution in [0.2, 0.25) is 0 Å². The van der Waals surface area contributed by atoms with Crippen LogP contribution in [-0.2, 0) is 0 Å². The van der Waals surface area contributed by atoms with E-state index in [-0.39, 0.29) is 0 Å². The van der Waals surface area contributed by atoms with Gasteiger partial charge >= 0.3 is 0 Å². The van der Waals surface area contributed by atoms with Gasteiger partial charge in [0.2, 0.25) is 0 Å². The lowest BCUT2D eigenvalue weighted by Gasteiger charge is -2.12. The number of unbranched alkanes of at least 4 members (excludes halogenated alkanes) is 4. The number of hydrogen-bond acceptors (Lipinski definition) is 1. The zero-order valence-electron chi connectivity index (χ0n) is 10.4. The fourth-order valence-corrected chi connectivity index (χ4v) is 1.70. The molecule has 1 heteroatoms. The van der Waals surface area contributed by atoms with Crippen LogP contribution in [-0.4, -0.2) is 6.04 Å². The topological polar surface area (TPSA) is 26.0 Å². The molecule has 14 heavy (non-hydrogen) atoms. The molecule has 2 N–H and O–H groups in total. The smallest absolute Gasteiger partial charge is 0.00389 e. The third-order valence-electron chi connectivity index (χ3n) is 2.79. The van der Waals surface area contributed by atoms with E-state index < -0.39 is 0 Å². The van der Waals surface area contributed by atoms with Crippen molar-refractivity contribution in [1.82, 2.24) is 0 Å². The Hall–Kier alpha value is -0.0400. The lowest BCUT2D eigenvalue weighted by atomic mass is 9.99. The Kier molecular flexibility index (Phi) is 9.49. The third-order valence-corrected chi connectivity index (χ3v) is 2.79. The van der Waals surface area contributed by atoms with Crippen molar-refractivity contribution >= 4 is 0 Å². The van der Waals surface area contributed by atoms with Gasteiger partial charge in [-0.15, -0.1) is 0 Å². The molecule has 1 nitrogen and oxygen atoms in total. The molecule has 0 radical (unpaired) electrons. The highest BCUT2D eigenvalue weighted by atomic mass is 14.6. The zero-order chi connectivity index (χ0) is 10.8. The molecular formula is C13H29N. The summed E-state index contributed by atoms with van der Waals surface area (Å²) in [7, 11) is 0. The molecule has 0 saturated heterocycles. The molecule has 0 aromatic carbocycles. The van der Waals surface area contributed by atoms with Crippen LogP contribution in [0.1, 0.15) is 72.1 Å². The Morgan fingerprint density at radius 2 is 1.50 bits per heavy atom.